The predicted molar refractivity (Wildman–Crippen MR) is 68.2 cm³/mol. The highest BCUT2D eigenvalue weighted by atomic mass is 35.5. The van der Waals surface area contributed by atoms with Gasteiger partial charge in [-0.1, -0.05) is 29.8 Å². The van der Waals surface area contributed by atoms with Crippen LogP contribution in [-0.2, 0) is 16.1 Å². The summed E-state index contributed by atoms with van der Waals surface area (Å²) >= 11 is 6.01. The van der Waals surface area contributed by atoms with E-state index in [1.807, 2.05) is 18.2 Å². The van der Waals surface area contributed by atoms with Crippen LogP contribution in [0.1, 0.15) is 12.0 Å². The Kier molecular flexibility index (Phi) is 5.61. The number of carbonyl (C=O) groups is 2. The fourth-order valence-corrected chi connectivity index (χ4v) is 1.75. The normalized spacial score (nSPS) is 10.6. The molecule has 6 heteroatoms. The van der Waals surface area contributed by atoms with Gasteiger partial charge in [0.2, 0.25) is 5.91 Å². The molecule has 1 aromatic carbocycles. The summed E-state index contributed by atoms with van der Waals surface area (Å²) < 4.78 is 0. The Bertz CT molecular complexity index is 437. The lowest BCUT2D eigenvalue weighted by atomic mass is 10.2. The van der Waals surface area contributed by atoms with Crippen molar-refractivity contribution in [1.29, 1.82) is 0 Å². The third-order valence-electron chi connectivity index (χ3n) is 2.37. The van der Waals surface area contributed by atoms with Crippen LogP contribution in [0.5, 0.6) is 0 Å². The van der Waals surface area contributed by atoms with E-state index in [4.69, 9.17) is 22.4 Å². The lowest BCUT2D eigenvalue weighted by molar-refractivity contribution is -0.137. The molecule has 98 valence electrons. The molecule has 3 N–H and O–H groups in total. The van der Waals surface area contributed by atoms with Crippen LogP contribution >= 0.6 is 11.6 Å². The van der Waals surface area contributed by atoms with Crippen molar-refractivity contribution in [3.8, 4) is 0 Å². The lowest BCUT2D eigenvalue weighted by Gasteiger charge is -2.20. The van der Waals surface area contributed by atoms with E-state index in [9.17, 15) is 9.59 Å². The standard InChI is InChI=1S/C12H15ClN2O3/c13-10-4-2-1-3-9(10)7-15(8-11(14)16)6-5-12(17)18/h1-4H,5-8H2,(H2,14,16)(H,17,18). The van der Waals surface area contributed by atoms with Crippen LogP contribution in [0.4, 0.5) is 0 Å². The van der Waals surface area contributed by atoms with Crippen molar-refractivity contribution in [1.82, 2.24) is 4.90 Å². The van der Waals surface area contributed by atoms with Crippen molar-refractivity contribution in [2.24, 2.45) is 5.73 Å². The van der Waals surface area contributed by atoms with Gasteiger partial charge in [-0.25, -0.2) is 0 Å². The second kappa shape index (κ2) is 6.98. The largest absolute Gasteiger partial charge is 0.481 e. The molecule has 0 aliphatic carbocycles. The number of carboxylic acid groups (broad SMARTS) is 1. The minimum absolute atomic E-state index is 0.0124. The van der Waals surface area contributed by atoms with E-state index in [2.05, 4.69) is 0 Å². The molecule has 0 bridgehead atoms. The Morgan fingerprint density at radius 2 is 2.00 bits per heavy atom. The maximum absolute atomic E-state index is 10.9. The Balaban J connectivity index is 2.68. The highest BCUT2D eigenvalue weighted by molar-refractivity contribution is 6.31. The summed E-state index contributed by atoms with van der Waals surface area (Å²) in [5, 5.41) is 9.23. The molecule has 0 aliphatic heterocycles. The maximum atomic E-state index is 10.9. The third-order valence-corrected chi connectivity index (χ3v) is 2.74. The number of rotatable bonds is 7. The zero-order chi connectivity index (χ0) is 13.5. The van der Waals surface area contributed by atoms with Crippen molar-refractivity contribution in [2.75, 3.05) is 13.1 Å². The summed E-state index contributed by atoms with van der Waals surface area (Å²) in [5.74, 6) is -1.41. The molecule has 0 spiro atoms. The Hall–Kier alpha value is -1.59. The maximum Gasteiger partial charge on any atom is 0.304 e. The average molecular weight is 271 g/mol. The first kappa shape index (κ1) is 14.5. The number of benzene rings is 1. The summed E-state index contributed by atoms with van der Waals surface area (Å²) in [7, 11) is 0. The van der Waals surface area contributed by atoms with E-state index < -0.39 is 11.9 Å². The fraction of sp³-hybridized carbons (Fsp3) is 0.333. The van der Waals surface area contributed by atoms with Crippen LogP contribution in [0.3, 0.4) is 0 Å². The molecular weight excluding hydrogens is 256 g/mol. The number of hydrogen-bond donors (Lipinski definition) is 2. The van der Waals surface area contributed by atoms with E-state index in [0.717, 1.165) is 5.56 Å². The monoisotopic (exact) mass is 270 g/mol. The lowest BCUT2D eigenvalue weighted by Crippen LogP contribution is -2.34. The molecule has 1 rings (SSSR count). The molecule has 1 amide bonds. The van der Waals surface area contributed by atoms with Gasteiger partial charge in [0.15, 0.2) is 0 Å². The van der Waals surface area contributed by atoms with E-state index in [1.165, 1.54) is 0 Å². The SMILES string of the molecule is NC(=O)CN(CCC(=O)O)Cc1ccccc1Cl. The Labute approximate surface area is 110 Å². The second-order valence-corrected chi connectivity index (χ2v) is 4.32. The summed E-state index contributed by atoms with van der Waals surface area (Å²) in [6, 6.07) is 7.22. The van der Waals surface area contributed by atoms with Gasteiger partial charge in [-0.2, -0.15) is 0 Å². The molecule has 18 heavy (non-hydrogen) atoms. The van der Waals surface area contributed by atoms with Crippen LogP contribution in [0.15, 0.2) is 24.3 Å². The van der Waals surface area contributed by atoms with Gasteiger partial charge in [0, 0.05) is 18.1 Å². The Morgan fingerprint density at radius 3 is 2.56 bits per heavy atom. The molecule has 0 aromatic heterocycles. The molecule has 0 unspecified atom stereocenters. The summed E-state index contributed by atoms with van der Waals surface area (Å²) in [4.78, 5) is 23.1. The predicted octanol–water partition coefficient (Wildman–Crippen LogP) is 1.10. The summed E-state index contributed by atoms with van der Waals surface area (Å²) in [6.45, 7) is 0.665. The number of carbonyl (C=O) groups excluding carboxylic acids is 1. The molecular formula is C12H15ClN2O3. The minimum atomic E-state index is -0.913. The van der Waals surface area contributed by atoms with Crippen LogP contribution < -0.4 is 5.73 Å². The Morgan fingerprint density at radius 1 is 1.33 bits per heavy atom. The van der Waals surface area contributed by atoms with Crippen molar-refractivity contribution in [3.05, 3.63) is 34.9 Å². The number of hydrogen-bond acceptors (Lipinski definition) is 3. The summed E-state index contributed by atoms with van der Waals surface area (Å²) in [6.07, 6.45) is -0.0439. The van der Waals surface area contributed by atoms with Crippen molar-refractivity contribution >= 4 is 23.5 Å². The summed E-state index contributed by atoms with van der Waals surface area (Å²) in [5.41, 5.74) is 5.97. The number of aliphatic carboxylic acids is 1. The van der Waals surface area contributed by atoms with Gasteiger partial charge in [0.1, 0.15) is 0 Å². The molecule has 0 fully saturated rings. The van der Waals surface area contributed by atoms with Crippen LogP contribution in [0.25, 0.3) is 0 Å². The molecule has 0 saturated carbocycles. The first-order chi connectivity index (χ1) is 8.49. The number of halogens is 1. The molecule has 1 aromatic rings. The number of amides is 1. The van der Waals surface area contributed by atoms with Gasteiger partial charge in [-0.15, -0.1) is 0 Å². The molecule has 0 aliphatic rings. The molecule has 5 nitrogen and oxygen atoms in total. The molecule has 0 atom stereocenters. The minimum Gasteiger partial charge on any atom is -0.481 e. The van der Waals surface area contributed by atoms with Crippen molar-refractivity contribution in [2.45, 2.75) is 13.0 Å². The fourth-order valence-electron chi connectivity index (χ4n) is 1.56. The number of nitrogens with zero attached hydrogens (tertiary/aromatic N) is 1. The van der Waals surface area contributed by atoms with Crippen LogP contribution in [0.2, 0.25) is 5.02 Å². The van der Waals surface area contributed by atoms with Gasteiger partial charge >= 0.3 is 5.97 Å². The number of nitrogens with two attached hydrogens (primary N) is 1. The third kappa shape index (κ3) is 5.16. The zero-order valence-electron chi connectivity index (χ0n) is 9.80. The topological polar surface area (TPSA) is 83.6 Å². The first-order valence-electron chi connectivity index (χ1n) is 5.45. The highest BCUT2D eigenvalue weighted by Gasteiger charge is 2.12. The van der Waals surface area contributed by atoms with E-state index in [0.29, 0.717) is 11.6 Å². The first-order valence-corrected chi connectivity index (χ1v) is 5.82. The van der Waals surface area contributed by atoms with Gasteiger partial charge in [0.05, 0.1) is 13.0 Å². The van der Waals surface area contributed by atoms with E-state index in [1.54, 1.807) is 11.0 Å². The second-order valence-electron chi connectivity index (χ2n) is 3.91. The number of primary amides is 1. The van der Waals surface area contributed by atoms with E-state index in [-0.39, 0.29) is 19.5 Å². The van der Waals surface area contributed by atoms with Gasteiger partial charge in [0.25, 0.3) is 0 Å². The quantitative estimate of drug-likeness (QED) is 0.777. The van der Waals surface area contributed by atoms with Gasteiger partial charge in [-0.3, -0.25) is 14.5 Å². The zero-order valence-corrected chi connectivity index (χ0v) is 10.6. The van der Waals surface area contributed by atoms with Crippen molar-refractivity contribution < 1.29 is 14.7 Å². The molecule has 0 heterocycles. The van der Waals surface area contributed by atoms with Crippen LogP contribution in [-0.4, -0.2) is 35.0 Å². The average Bonchev–Trinajstić information content (AvgIpc) is 2.28. The molecule has 0 saturated heterocycles. The van der Waals surface area contributed by atoms with Crippen LogP contribution in [0, 0.1) is 0 Å². The van der Waals surface area contributed by atoms with Crippen molar-refractivity contribution in [3.63, 3.8) is 0 Å². The molecule has 0 radical (unpaired) electrons. The highest BCUT2D eigenvalue weighted by Crippen LogP contribution is 2.16. The van der Waals surface area contributed by atoms with E-state index >= 15 is 0 Å². The number of carboxylic acids is 1. The van der Waals surface area contributed by atoms with Gasteiger partial charge in [-0.05, 0) is 11.6 Å². The van der Waals surface area contributed by atoms with Gasteiger partial charge < -0.3 is 10.8 Å². The smallest absolute Gasteiger partial charge is 0.304 e.